The third-order valence-corrected chi connectivity index (χ3v) is 5.84. The Balaban J connectivity index is 2.03. The normalized spacial score (nSPS) is 55.9. The summed E-state index contributed by atoms with van der Waals surface area (Å²) in [5.41, 5.74) is -2.50. The average molecular weight is 240 g/mol. The summed E-state index contributed by atoms with van der Waals surface area (Å²) in [5.74, 6) is 0.388. The summed E-state index contributed by atoms with van der Waals surface area (Å²) in [4.78, 5) is 0. The van der Waals surface area contributed by atoms with E-state index in [2.05, 4.69) is 0 Å². The molecule has 3 N–H and O–H groups in total. The molecule has 0 aromatic carbocycles. The minimum atomic E-state index is -0.769. The zero-order chi connectivity index (χ0) is 12.5. The maximum absolute atomic E-state index is 10.7. The Bertz CT molecular complexity index is 331. The summed E-state index contributed by atoms with van der Waals surface area (Å²) in [5, 5.41) is 31.9. The molecule has 0 aromatic heterocycles. The predicted octanol–water partition coefficient (Wildman–Crippen LogP) is 1.59. The van der Waals surface area contributed by atoms with Crippen LogP contribution in [0.2, 0.25) is 0 Å². The molecule has 98 valence electrons. The Kier molecular flexibility index (Phi) is 2.15. The number of aliphatic hydroxyl groups is 3. The molecule has 3 atom stereocenters. The molecule has 3 unspecified atom stereocenters. The second kappa shape index (κ2) is 3.06. The van der Waals surface area contributed by atoms with E-state index in [1.54, 1.807) is 0 Å². The maximum atomic E-state index is 10.7. The lowest BCUT2D eigenvalue weighted by Gasteiger charge is -2.66. The van der Waals surface area contributed by atoms with Crippen molar-refractivity contribution in [3.63, 3.8) is 0 Å². The summed E-state index contributed by atoms with van der Waals surface area (Å²) >= 11 is 0. The molecule has 0 heterocycles. The molecular formula is C14H24O3. The van der Waals surface area contributed by atoms with Crippen LogP contribution in [-0.4, -0.2) is 32.1 Å². The van der Waals surface area contributed by atoms with E-state index in [1.165, 1.54) is 0 Å². The van der Waals surface area contributed by atoms with E-state index in [0.717, 1.165) is 19.3 Å². The molecule has 0 aliphatic heterocycles. The first kappa shape index (κ1) is 11.9. The number of hydrogen-bond acceptors (Lipinski definition) is 3. The minimum Gasteiger partial charge on any atom is -0.390 e. The maximum Gasteiger partial charge on any atom is 0.0684 e. The highest BCUT2D eigenvalue weighted by molar-refractivity contribution is 5.18. The van der Waals surface area contributed by atoms with Crippen LogP contribution in [0.15, 0.2) is 0 Å². The molecule has 3 heteroatoms. The molecule has 3 nitrogen and oxygen atoms in total. The van der Waals surface area contributed by atoms with Crippen LogP contribution in [0, 0.1) is 11.3 Å². The van der Waals surface area contributed by atoms with E-state index in [9.17, 15) is 15.3 Å². The monoisotopic (exact) mass is 240 g/mol. The fourth-order valence-electron chi connectivity index (χ4n) is 5.31. The average Bonchev–Trinajstić information content (AvgIpc) is 2.11. The molecular weight excluding hydrogens is 216 g/mol. The van der Waals surface area contributed by atoms with Gasteiger partial charge >= 0.3 is 0 Å². The molecule has 0 spiro atoms. The molecule has 0 aromatic rings. The van der Waals surface area contributed by atoms with Crippen LogP contribution < -0.4 is 0 Å². The fourth-order valence-corrected chi connectivity index (χ4v) is 5.31. The van der Waals surface area contributed by atoms with Crippen molar-refractivity contribution >= 4 is 0 Å². The van der Waals surface area contributed by atoms with Crippen LogP contribution in [0.5, 0.6) is 0 Å². The van der Waals surface area contributed by atoms with Crippen LogP contribution in [0.25, 0.3) is 0 Å². The van der Waals surface area contributed by atoms with Crippen molar-refractivity contribution in [2.45, 2.75) is 75.6 Å². The predicted molar refractivity (Wildman–Crippen MR) is 64.4 cm³/mol. The summed E-state index contributed by atoms with van der Waals surface area (Å²) in [6.45, 7) is 3.87. The summed E-state index contributed by atoms with van der Waals surface area (Å²) in [6.07, 6.45) is 5.13. The van der Waals surface area contributed by atoms with Gasteiger partial charge in [-0.15, -0.1) is 0 Å². The van der Waals surface area contributed by atoms with Gasteiger partial charge < -0.3 is 15.3 Å². The molecule has 0 radical (unpaired) electrons. The van der Waals surface area contributed by atoms with E-state index >= 15 is 0 Å². The largest absolute Gasteiger partial charge is 0.390 e. The molecule has 4 aliphatic rings. The van der Waals surface area contributed by atoms with Crippen molar-refractivity contribution in [2.75, 3.05) is 0 Å². The van der Waals surface area contributed by atoms with Crippen molar-refractivity contribution in [1.29, 1.82) is 0 Å². The fraction of sp³-hybridized carbons (Fsp3) is 1.00. The molecule has 4 rings (SSSR count). The quantitative estimate of drug-likeness (QED) is 0.687. The van der Waals surface area contributed by atoms with Crippen molar-refractivity contribution in [2.24, 2.45) is 11.3 Å². The lowest BCUT2D eigenvalue weighted by molar-refractivity contribution is -0.271. The van der Waals surface area contributed by atoms with Gasteiger partial charge in [0.15, 0.2) is 0 Å². The minimum absolute atomic E-state index is 0.273. The Labute approximate surface area is 103 Å². The van der Waals surface area contributed by atoms with E-state index in [-0.39, 0.29) is 5.41 Å². The SMILES string of the molecule is CCC(C)(O)C12CC3CC(O)(CC(O)(C3)C1)C2. The first-order valence-electron chi connectivity index (χ1n) is 6.89. The second-order valence-corrected chi connectivity index (χ2v) is 7.37. The highest BCUT2D eigenvalue weighted by Gasteiger charge is 2.66. The van der Waals surface area contributed by atoms with Crippen molar-refractivity contribution in [3.8, 4) is 0 Å². The van der Waals surface area contributed by atoms with Gasteiger partial charge in [-0.05, 0) is 51.4 Å². The Morgan fingerprint density at radius 2 is 1.59 bits per heavy atom. The van der Waals surface area contributed by atoms with Crippen LogP contribution in [-0.2, 0) is 0 Å². The van der Waals surface area contributed by atoms with Crippen molar-refractivity contribution in [1.82, 2.24) is 0 Å². The van der Waals surface area contributed by atoms with Crippen LogP contribution in [0.4, 0.5) is 0 Å². The smallest absolute Gasteiger partial charge is 0.0684 e. The Morgan fingerprint density at radius 3 is 2.00 bits per heavy atom. The first-order chi connectivity index (χ1) is 7.72. The van der Waals surface area contributed by atoms with Gasteiger partial charge in [-0.2, -0.15) is 0 Å². The van der Waals surface area contributed by atoms with Gasteiger partial charge in [0.2, 0.25) is 0 Å². The van der Waals surface area contributed by atoms with E-state index in [1.807, 2.05) is 13.8 Å². The molecule has 0 saturated heterocycles. The van der Waals surface area contributed by atoms with Gasteiger partial charge in [0.1, 0.15) is 0 Å². The molecule has 17 heavy (non-hydrogen) atoms. The highest BCUT2D eigenvalue weighted by Crippen LogP contribution is 2.66. The van der Waals surface area contributed by atoms with Crippen LogP contribution in [0.3, 0.4) is 0 Å². The highest BCUT2D eigenvalue weighted by atomic mass is 16.3. The Morgan fingerprint density at radius 1 is 1.06 bits per heavy atom. The van der Waals surface area contributed by atoms with Gasteiger partial charge in [-0.1, -0.05) is 6.92 Å². The van der Waals surface area contributed by atoms with Crippen LogP contribution >= 0.6 is 0 Å². The van der Waals surface area contributed by atoms with Gasteiger partial charge in [0, 0.05) is 11.8 Å². The summed E-state index contributed by atoms with van der Waals surface area (Å²) in [6, 6.07) is 0. The molecule has 4 bridgehead atoms. The van der Waals surface area contributed by atoms with Gasteiger partial charge in [0.05, 0.1) is 16.8 Å². The van der Waals surface area contributed by atoms with E-state index in [4.69, 9.17) is 0 Å². The molecule has 4 fully saturated rings. The first-order valence-corrected chi connectivity index (χ1v) is 6.89. The standard InChI is InChI=1S/C14H24O3/c1-3-11(2,15)12-4-10-5-13(16,7-12)9-14(17,6-10)8-12/h10,15-17H,3-9H2,1-2H3. The van der Waals surface area contributed by atoms with Gasteiger partial charge in [-0.25, -0.2) is 0 Å². The lowest BCUT2D eigenvalue weighted by Crippen LogP contribution is -2.68. The number of hydrogen-bond donors (Lipinski definition) is 3. The zero-order valence-electron chi connectivity index (χ0n) is 10.9. The second-order valence-electron chi connectivity index (χ2n) is 7.37. The lowest BCUT2D eigenvalue weighted by atomic mass is 9.42. The van der Waals surface area contributed by atoms with E-state index < -0.39 is 16.8 Å². The zero-order valence-corrected chi connectivity index (χ0v) is 10.9. The molecule has 4 saturated carbocycles. The van der Waals surface area contributed by atoms with Gasteiger partial charge in [-0.3, -0.25) is 0 Å². The van der Waals surface area contributed by atoms with Crippen molar-refractivity contribution in [3.05, 3.63) is 0 Å². The third kappa shape index (κ3) is 1.52. The van der Waals surface area contributed by atoms with Crippen molar-refractivity contribution < 1.29 is 15.3 Å². The van der Waals surface area contributed by atoms with Gasteiger partial charge in [0.25, 0.3) is 0 Å². The summed E-state index contributed by atoms with van der Waals surface area (Å²) in [7, 11) is 0. The molecule has 4 aliphatic carbocycles. The molecule has 0 amide bonds. The summed E-state index contributed by atoms with van der Waals surface area (Å²) < 4.78 is 0. The topological polar surface area (TPSA) is 60.7 Å². The van der Waals surface area contributed by atoms with Crippen LogP contribution in [0.1, 0.15) is 58.8 Å². The number of rotatable bonds is 2. The third-order valence-electron chi connectivity index (χ3n) is 5.84. The Hall–Kier alpha value is -0.120. The van der Waals surface area contributed by atoms with E-state index in [0.29, 0.717) is 31.6 Å².